The van der Waals surface area contributed by atoms with Crippen molar-refractivity contribution in [2.24, 2.45) is 11.8 Å². The van der Waals surface area contributed by atoms with E-state index in [1.165, 1.54) is 19.4 Å². The molecule has 0 aromatic heterocycles. The molecule has 1 unspecified atom stereocenters. The fraction of sp³-hybridized carbons (Fsp3) is 0.588. The summed E-state index contributed by atoms with van der Waals surface area (Å²) in [5, 5.41) is 3.61. The first kappa shape index (κ1) is 14.4. The smallest absolute Gasteiger partial charge is 0.253 e. The van der Waals surface area contributed by atoms with Crippen molar-refractivity contribution in [3.63, 3.8) is 0 Å². The summed E-state index contributed by atoms with van der Waals surface area (Å²) in [6, 6.07) is 8.05. The van der Waals surface area contributed by atoms with Crippen molar-refractivity contribution < 1.29 is 9.53 Å². The van der Waals surface area contributed by atoms with Crippen LogP contribution in [0.1, 0.15) is 29.6 Å². The lowest BCUT2D eigenvalue weighted by Gasteiger charge is -2.32. The molecule has 1 aliphatic carbocycles. The molecule has 0 bridgehead atoms. The Morgan fingerprint density at radius 1 is 1.29 bits per heavy atom. The predicted molar refractivity (Wildman–Crippen MR) is 82.6 cm³/mol. The third kappa shape index (κ3) is 3.05. The van der Waals surface area contributed by atoms with E-state index >= 15 is 0 Å². The quantitative estimate of drug-likeness (QED) is 0.902. The molecule has 1 saturated carbocycles. The summed E-state index contributed by atoms with van der Waals surface area (Å²) >= 11 is 0. The summed E-state index contributed by atoms with van der Waals surface area (Å²) in [6.45, 7) is 1.93. The zero-order valence-corrected chi connectivity index (χ0v) is 12.8. The van der Waals surface area contributed by atoms with Crippen LogP contribution in [0, 0.1) is 11.8 Å². The molecular weight excluding hydrogens is 264 g/mol. The molecule has 1 aromatic rings. The molecule has 1 saturated heterocycles. The maximum atomic E-state index is 11.8. The number of fused-ring (bicyclic) bond motifs is 1. The maximum absolute atomic E-state index is 11.8. The van der Waals surface area contributed by atoms with Crippen molar-refractivity contribution in [2.45, 2.75) is 25.3 Å². The van der Waals surface area contributed by atoms with E-state index in [1.54, 1.807) is 19.0 Å². The number of carbonyl (C=O) groups excluding carboxylic acids is 1. The Morgan fingerprint density at radius 2 is 2.05 bits per heavy atom. The van der Waals surface area contributed by atoms with Gasteiger partial charge in [-0.25, -0.2) is 0 Å². The number of hydrogen-bond donors (Lipinski definition) is 1. The molecule has 114 valence electrons. The van der Waals surface area contributed by atoms with E-state index in [0.29, 0.717) is 11.6 Å². The second-order valence-electron chi connectivity index (χ2n) is 6.38. The van der Waals surface area contributed by atoms with Crippen molar-refractivity contribution in [1.29, 1.82) is 0 Å². The second-order valence-corrected chi connectivity index (χ2v) is 6.38. The summed E-state index contributed by atoms with van der Waals surface area (Å²) in [5.41, 5.74) is 0.696. The molecule has 1 aromatic carbocycles. The summed E-state index contributed by atoms with van der Waals surface area (Å²) in [5.74, 6) is 2.67. The average molecular weight is 288 g/mol. The number of rotatable bonds is 5. The molecule has 0 spiro atoms. The van der Waals surface area contributed by atoms with Gasteiger partial charge in [-0.3, -0.25) is 4.79 Å². The minimum absolute atomic E-state index is 0.0210. The van der Waals surface area contributed by atoms with Crippen LogP contribution in [0.3, 0.4) is 0 Å². The highest BCUT2D eigenvalue weighted by Crippen LogP contribution is 2.41. The lowest BCUT2D eigenvalue weighted by molar-refractivity contribution is 0.0827. The van der Waals surface area contributed by atoms with E-state index in [2.05, 4.69) is 5.32 Å². The minimum atomic E-state index is 0.0210. The van der Waals surface area contributed by atoms with Crippen LogP contribution in [0.4, 0.5) is 0 Å². The number of benzene rings is 1. The molecule has 4 heteroatoms. The molecule has 3 rings (SSSR count). The summed E-state index contributed by atoms with van der Waals surface area (Å²) in [7, 11) is 3.52. The highest BCUT2D eigenvalue weighted by atomic mass is 16.5. The summed E-state index contributed by atoms with van der Waals surface area (Å²) < 4.78 is 5.81. The number of carbonyl (C=O) groups is 1. The van der Waals surface area contributed by atoms with Crippen LogP contribution in [-0.2, 0) is 0 Å². The van der Waals surface area contributed by atoms with Crippen molar-refractivity contribution in [1.82, 2.24) is 10.2 Å². The first-order valence-electron chi connectivity index (χ1n) is 7.83. The molecular formula is C17H24N2O2. The van der Waals surface area contributed by atoms with Crippen LogP contribution in [0.15, 0.2) is 24.3 Å². The number of ether oxygens (including phenoxy) is 1. The predicted octanol–water partition coefficient (Wildman–Crippen LogP) is 2.16. The largest absolute Gasteiger partial charge is 0.494 e. The zero-order chi connectivity index (χ0) is 14.8. The van der Waals surface area contributed by atoms with Gasteiger partial charge in [-0.15, -0.1) is 0 Å². The summed E-state index contributed by atoms with van der Waals surface area (Å²) in [6.07, 6.45) is 3.85. The van der Waals surface area contributed by atoms with Crippen LogP contribution < -0.4 is 10.1 Å². The lowest BCUT2D eigenvalue weighted by atomic mass is 9.72. The van der Waals surface area contributed by atoms with Gasteiger partial charge in [0.2, 0.25) is 0 Å². The van der Waals surface area contributed by atoms with E-state index in [-0.39, 0.29) is 5.91 Å². The number of hydrogen-bond acceptors (Lipinski definition) is 3. The SMILES string of the molecule is CN(C)C(=O)c1ccc(OCCC2NC[C@H]3CC[C@@H]23)cc1. The van der Waals surface area contributed by atoms with Crippen LogP contribution in [-0.4, -0.2) is 44.1 Å². The number of nitrogens with one attached hydrogen (secondary N) is 1. The van der Waals surface area contributed by atoms with Gasteiger partial charge in [-0.1, -0.05) is 0 Å². The fourth-order valence-electron chi connectivity index (χ4n) is 3.40. The second kappa shape index (κ2) is 6.06. The standard InChI is InChI=1S/C17H24N2O2/c1-19(2)17(20)12-3-6-14(7-4-12)21-10-9-16-15-8-5-13(15)11-18-16/h3-4,6-7,13,15-16,18H,5,8-11H2,1-2H3/t13-,15-,16?/m1/s1. The van der Waals surface area contributed by atoms with Crippen molar-refractivity contribution in [3.05, 3.63) is 29.8 Å². The third-order valence-corrected chi connectivity index (χ3v) is 4.84. The molecule has 2 aliphatic rings. The summed E-state index contributed by atoms with van der Waals surface area (Å²) in [4.78, 5) is 13.4. The Kier molecular flexibility index (Phi) is 4.15. The van der Waals surface area contributed by atoms with Crippen LogP contribution >= 0.6 is 0 Å². The van der Waals surface area contributed by atoms with Gasteiger partial charge in [0.15, 0.2) is 0 Å². The van der Waals surface area contributed by atoms with Gasteiger partial charge in [-0.2, -0.15) is 0 Å². The van der Waals surface area contributed by atoms with Crippen molar-refractivity contribution >= 4 is 5.91 Å². The average Bonchev–Trinajstić information content (AvgIpc) is 2.72. The van der Waals surface area contributed by atoms with Gasteiger partial charge in [0.05, 0.1) is 6.61 Å². The zero-order valence-electron chi connectivity index (χ0n) is 12.8. The van der Waals surface area contributed by atoms with E-state index in [9.17, 15) is 4.79 Å². The normalized spacial score (nSPS) is 26.9. The van der Waals surface area contributed by atoms with Crippen LogP contribution in [0.2, 0.25) is 0 Å². The Labute approximate surface area is 126 Å². The fourth-order valence-corrected chi connectivity index (χ4v) is 3.40. The van der Waals surface area contributed by atoms with E-state index in [4.69, 9.17) is 4.74 Å². The topological polar surface area (TPSA) is 41.6 Å². The Morgan fingerprint density at radius 3 is 2.62 bits per heavy atom. The van der Waals surface area contributed by atoms with E-state index < -0.39 is 0 Å². The molecule has 4 nitrogen and oxygen atoms in total. The van der Waals surface area contributed by atoms with Gasteiger partial charge in [-0.05, 0) is 61.9 Å². The number of nitrogens with zero attached hydrogens (tertiary/aromatic N) is 1. The van der Waals surface area contributed by atoms with Crippen LogP contribution in [0.25, 0.3) is 0 Å². The van der Waals surface area contributed by atoms with Gasteiger partial charge < -0.3 is 15.0 Å². The van der Waals surface area contributed by atoms with Gasteiger partial charge in [0.25, 0.3) is 5.91 Å². The first-order valence-corrected chi connectivity index (χ1v) is 7.83. The Balaban J connectivity index is 1.46. The molecule has 2 fully saturated rings. The monoisotopic (exact) mass is 288 g/mol. The molecule has 3 atom stereocenters. The molecule has 21 heavy (non-hydrogen) atoms. The van der Waals surface area contributed by atoms with Gasteiger partial charge in [0.1, 0.15) is 5.75 Å². The molecule has 1 heterocycles. The van der Waals surface area contributed by atoms with E-state index in [1.807, 2.05) is 24.3 Å². The van der Waals surface area contributed by atoms with Gasteiger partial charge in [0, 0.05) is 25.7 Å². The van der Waals surface area contributed by atoms with Crippen molar-refractivity contribution in [3.8, 4) is 5.75 Å². The molecule has 1 amide bonds. The molecule has 1 N–H and O–H groups in total. The third-order valence-electron chi connectivity index (χ3n) is 4.84. The van der Waals surface area contributed by atoms with Crippen LogP contribution in [0.5, 0.6) is 5.75 Å². The van der Waals surface area contributed by atoms with Crippen molar-refractivity contribution in [2.75, 3.05) is 27.2 Å². The maximum Gasteiger partial charge on any atom is 0.253 e. The Bertz CT molecular complexity index is 498. The lowest BCUT2D eigenvalue weighted by Crippen LogP contribution is -2.32. The number of amides is 1. The Hall–Kier alpha value is -1.55. The minimum Gasteiger partial charge on any atom is -0.494 e. The highest BCUT2D eigenvalue weighted by Gasteiger charge is 2.41. The van der Waals surface area contributed by atoms with E-state index in [0.717, 1.165) is 30.6 Å². The first-order chi connectivity index (χ1) is 10.1. The highest BCUT2D eigenvalue weighted by molar-refractivity contribution is 5.93. The molecule has 0 radical (unpaired) electrons. The molecule has 1 aliphatic heterocycles. The van der Waals surface area contributed by atoms with Gasteiger partial charge >= 0.3 is 0 Å².